The predicted molar refractivity (Wildman–Crippen MR) is 121 cm³/mol. The zero-order valence-electron chi connectivity index (χ0n) is 18.5. The first-order chi connectivity index (χ1) is 16.5. The third-order valence-corrected chi connectivity index (χ3v) is 6.33. The summed E-state index contributed by atoms with van der Waals surface area (Å²) in [4.78, 5) is 50.4. The summed E-state index contributed by atoms with van der Waals surface area (Å²) in [6, 6.07) is 8.18. The monoisotopic (exact) mass is 460 g/mol. The molecule has 174 valence electrons. The summed E-state index contributed by atoms with van der Waals surface area (Å²) in [6.45, 7) is 2.25. The molecule has 1 atom stereocenters. The van der Waals surface area contributed by atoms with Crippen LogP contribution in [0.1, 0.15) is 56.9 Å². The van der Waals surface area contributed by atoms with Crippen LogP contribution in [-0.4, -0.2) is 57.9 Å². The maximum absolute atomic E-state index is 12.8. The molecular formula is C24H24N6O4. The number of nitrogens with zero attached hydrogens (tertiary/aromatic N) is 3. The Morgan fingerprint density at radius 3 is 2.74 bits per heavy atom. The molecule has 2 aromatic rings. The number of nitrogens with one attached hydrogen (secondary N) is 3. The highest BCUT2D eigenvalue weighted by Gasteiger charge is 2.39. The zero-order chi connectivity index (χ0) is 23.7. The normalized spacial score (nSPS) is 20.0. The minimum Gasteiger partial charge on any atom is -0.347 e. The van der Waals surface area contributed by atoms with E-state index in [4.69, 9.17) is 0 Å². The van der Waals surface area contributed by atoms with Crippen LogP contribution in [0.5, 0.6) is 0 Å². The van der Waals surface area contributed by atoms with Gasteiger partial charge in [0.05, 0.1) is 5.69 Å². The van der Waals surface area contributed by atoms with Gasteiger partial charge >= 0.3 is 0 Å². The summed E-state index contributed by atoms with van der Waals surface area (Å²) >= 11 is 0. The average Bonchev–Trinajstić information content (AvgIpc) is 3.18. The Kier molecular flexibility index (Phi) is 5.89. The van der Waals surface area contributed by atoms with E-state index in [0.717, 1.165) is 41.9 Å². The van der Waals surface area contributed by atoms with Gasteiger partial charge in [-0.05, 0) is 54.3 Å². The average molecular weight is 460 g/mol. The summed E-state index contributed by atoms with van der Waals surface area (Å²) in [5.41, 5.74) is 4.29. The summed E-state index contributed by atoms with van der Waals surface area (Å²) in [5.74, 6) is -1.31. The quantitative estimate of drug-likeness (QED) is 0.555. The van der Waals surface area contributed by atoms with E-state index in [1.165, 1.54) is 4.90 Å². The molecule has 0 bridgehead atoms. The molecule has 4 amide bonds. The molecule has 1 saturated heterocycles. The van der Waals surface area contributed by atoms with Gasteiger partial charge in [-0.2, -0.15) is 5.10 Å². The van der Waals surface area contributed by atoms with Crippen LogP contribution < -0.4 is 16.0 Å². The van der Waals surface area contributed by atoms with Gasteiger partial charge in [0.15, 0.2) is 5.69 Å². The summed E-state index contributed by atoms with van der Waals surface area (Å²) < 4.78 is 0. The van der Waals surface area contributed by atoms with Gasteiger partial charge in [-0.1, -0.05) is 18.2 Å². The van der Waals surface area contributed by atoms with E-state index in [1.54, 1.807) is 18.2 Å². The first-order valence-corrected chi connectivity index (χ1v) is 11.3. The van der Waals surface area contributed by atoms with Crippen molar-refractivity contribution in [2.45, 2.75) is 38.4 Å². The lowest BCUT2D eigenvalue weighted by Crippen LogP contribution is -2.52. The van der Waals surface area contributed by atoms with Crippen molar-refractivity contribution in [3.8, 4) is 0 Å². The van der Waals surface area contributed by atoms with E-state index in [-0.39, 0.29) is 36.4 Å². The maximum Gasteiger partial charge on any atom is 0.272 e. The number of amides is 4. The molecule has 0 radical (unpaired) electrons. The van der Waals surface area contributed by atoms with Crippen LogP contribution in [-0.2, 0) is 22.7 Å². The topological polar surface area (TPSA) is 133 Å². The lowest BCUT2D eigenvalue weighted by Gasteiger charge is -2.29. The van der Waals surface area contributed by atoms with Crippen LogP contribution in [0.3, 0.4) is 0 Å². The highest BCUT2D eigenvalue weighted by atomic mass is 16.2. The standard InChI is InChI=1S/C24H24N6O4/c31-21-6-5-20(23(33)27-21)30-13-16-11-14(1-2-17(16)24(30)34)12-26-22(32)19-4-3-18(28-29-19)15-7-9-25-10-8-15/h1-4,7,11,20,25H,5-6,8-10,12-13H2,(H,26,32)(H,27,31,33). The highest BCUT2D eigenvalue weighted by Crippen LogP contribution is 2.28. The van der Waals surface area contributed by atoms with E-state index < -0.39 is 11.9 Å². The predicted octanol–water partition coefficient (Wildman–Crippen LogP) is 0.544. The second kappa shape index (κ2) is 9.14. The minimum atomic E-state index is -0.650. The zero-order valence-corrected chi connectivity index (χ0v) is 18.5. The molecule has 5 rings (SSSR count). The highest BCUT2D eigenvalue weighted by molar-refractivity contribution is 6.05. The minimum absolute atomic E-state index is 0.215. The molecule has 1 aromatic carbocycles. The Balaban J connectivity index is 1.21. The van der Waals surface area contributed by atoms with E-state index in [2.05, 4.69) is 32.2 Å². The van der Waals surface area contributed by atoms with Crippen molar-refractivity contribution in [3.63, 3.8) is 0 Å². The fourth-order valence-corrected chi connectivity index (χ4v) is 4.49. The van der Waals surface area contributed by atoms with Crippen molar-refractivity contribution in [2.75, 3.05) is 13.1 Å². The van der Waals surface area contributed by atoms with Crippen LogP contribution in [0.2, 0.25) is 0 Å². The largest absolute Gasteiger partial charge is 0.347 e. The van der Waals surface area contributed by atoms with Crippen molar-refractivity contribution in [1.82, 2.24) is 31.0 Å². The molecule has 10 nitrogen and oxygen atoms in total. The van der Waals surface area contributed by atoms with Crippen molar-refractivity contribution in [1.29, 1.82) is 0 Å². The van der Waals surface area contributed by atoms with Crippen LogP contribution in [0.25, 0.3) is 5.57 Å². The summed E-state index contributed by atoms with van der Waals surface area (Å²) in [6.07, 6.45) is 3.49. The van der Waals surface area contributed by atoms with E-state index in [9.17, 15) is 19.2 Å². The van der Waals surface area contributed by atoms with Gasteiger partial charge in [0.25, 0.3) is 11.8 Å². The second-order valence-corrected chi connectivity index (χ2v) is 8.56. The molecule has 0 aliphatic carbocycles. The molecule has 1 unspecified atom stereocenters. The molecule has 0 spiro atoms. The molecule has 3 N–H and O–H groups in total. The van der Waals surface area contributed by atoms with Gasteiger partial charge in [-0.3, -0.25) is 24.5 Å². The first kappa shape index (κ1) is 21.9. The van der Waals surface area contributed by atoms with Gasteiger partial charge in [-0.15, -0.1) is 5.10 Å². The summed E-state index contributed by atoms with van der Waals surface area (Å²) in [7, 11) is 0. The molecule has 34 heavy (non-hydrogen) atoms. The SMILES string of the molecule is O=C1CCC(N2Cc3cc(CNC(=O)c4ccc(C5=CCNCC5)nn4)ccc3C2=O)C(=O)N1. The van der Waals surface area contributed by atoms with E-state index in [1.807, 2.05) is 12.1 Å². The molecular weight excluding hydrogens is 436 g/mol. The number of hydrogen-bond donors (Lipinski definition) is 3. The number of carbonyl (C=O) groups excluding carboxylic acids is 4. The first-order valence-electron chi connectivity index (χ1n) is 11.3. The van der Waals surface area contributed by atoms with Crippen molar-refractivity contribution < 1.29 is 19.2 Å². The third kappa shape index (κ3) is 4.32. The third-order valence-electron chi connectivity index (χ3n) is 6.33. The number of rotatable bonds is 5. The molecule has 1 aromatic heterocycles. The second-order valence-electron chi connectivity index (χ2n) is 8.56. The number of benzene rings is 1. The van der Waals surface area contributed by atoms with Crippen molar-refractivity contribution in [2.24, 2.45) is 0 Å². The van der Waals surface area contributed by atoms with Gasteiger partial charge in [0, 0.05) is 31.6 Å². The fourth-order valence-electron chi connectivity index (χ4n) is 4.49. The van der Waals surface area contributed by atoms with Gasteiger partial charge in [0.2, 0.25) is 11.8 Å². The molecule has 3 aliphatic rings. The van der Waals surface area contributed by atoms with Gasteiger partial charge < -0.3 is 15.5 Å². The van der Waals surface area contributed by atoms with Crippen LogP contribution in [0.15, 0.2) is 36.4 Å². The number of fused-ring (bicyclic) bond motifs is 1. The number of carbonyl (C=O) groups is 4. The van der Waals surface area contributed by atoms with E-state index in [0.29, 0.717) is 18.5 Å². The van der Waals surface area contributed by atoms with Gasteiger partial charge in [0.1, 0.15) is 6.04 Å². The molecule has 1 fully saturated rings. The van der Waals surface area contributed by atoms with Crippen LogP contribution in [0, 0.1) is 0 Å². The maximum atomic E-state index is 12.8. The molecule has 4 heterocycles. The molecule has 0 saturated carbocycles. The Morgan fingerprint density at radius 1 is 1.12 bits per heavy atom. The number of hydrogen-bond acceptors (Lipinski definition) is 7. The lowest BCUT2D eigenvalue weighted by atomic mass is 10.0. The molecule has 3 aliphatic heterocycles. The number of imide groups is 1. The van der Waals surface area contributed by atoms with Gasteiger partial charge in [-0.25, -0.2) is 0 Å². The summed E-state index contributed by atoms with van der Waals surface area (Å²) in [5, 5.41) is 16.6. The number of piperidine rings is 1. The fraction of sp³-hybridized carbons (Fsp3) is 0.333. The Bertz CT molecular complexity index is 1210. The smallest absolute Gasteiger partial charge is 0.272 e. The van der Waals surface area contributed by atoms with Crippen molar-refractivity contribution in [3.05, 3.63) is 64.5 Å². The van der Waals surface area contributed by atoms with E-state index >= 15 is 0 Å². The number of aromatic nitrogens is 2. The molecule has 10 heteroatoms. The Labute approximate surface area is 195 Å². The Hall–Kier alpha value is -3.92. The Morgan fingerprint density at radius 2 is 2.00 bits per heavy atom. The van der Waals surface area contributed by atoms with Crippen molar-refractivity contribution >= 4 is 29.2 Å². The van der Waals surface area contributed by atoms with Crippen LogP contribution >= 0.6 is 0 Å². The lowest BCUT2D eigenvalue weighted by molar-refractivity contribution is -0.136. The van der Waals surface area contributed by atoms with Crippen LogP contribution in [0.4, 0.5) is 0 Å².